The Balaban J connectivity index is 1.38. The fourth-order valence-electron chi connectivity index (χ4n) is 4.66. The number of para-hydroxylation sites is 2. The SMILES string of the molecule is O=C(c1ccn[nH]1)N1C[C@H]2C[C@@H](n3cnc4ccccc43)[C@H](O)C[C@H]2C1. The molecule has 7 nitrogen and oxygen atoms in total. The molecule has 1 amide bonds. The Bertz CT molecular complexity index is 934. The van der Waals surface area contributed by atoms with Gasteiger partial charge in [-0.15, -0.1) is 0 Å². The number of carbonyl (C=O) groups excluding carboxylic acids is 1. The largest absolute Gasteiger partial charge is 0.391 e. The lowest BCUT2D eigenvalue weighted by atomic mass is 9.77. The molecule has 2 N–H and O–H groups in total. The van der Waals surface area contributed by atoms with Crippen LogP contribution in [0.15, 0.2) is 42.9 Å². The number of carbonyl (C=O) groups is 1. The smallest absolute Gasteiger partial charge is 0.271 e. The van der Waals surface area contributed by atoms with Crippen molar-refractivity contribution in [3.63, 3.8) is 0 Å². The first kappa shape index (κ1) is 15.6. The van der Waals surface area contributed by atoms with Crippen molar-refractivity contribution in [3.05, 3.63) is 48.5 Å². The van der Waals surface area contributed by atoms with Crippen LogP contribution >= 0.6 is 0 Å². The molecule has 0 radical (unpaired) electrons. The fourth-order valence-corrected chi connectivity index (χ4v) is 4.66. The molecule has 2 fully saturated rings. The molecule has 0 unspecified atom stereocenters. The Morgan fingerprint density at radius 1 is 1.15 bits per heavy atom. The zero-order valence-electron chi connectivity index (χ0n) is 14.3. The van der Waals surface area contributed by atoms with Crippen LogP contribution in [0.3, 0.4) is 0 Å². The highest BCUT2D eigenvalue weighted by Crippen LogP contribution is 2.42. The van der Waals surface area contributed by atoms with Crippen LogP contribution in [-0.2, 0) is 0 Å². The molecular formula is C19H21N5O2. The Morgan fingerprint density at radius 2 is 1.96 bits per heavy atom. The first-order chi connectivity index (χ1) is 12.7. The highest BCUT2D eigenvalue weighted by atomic mass is 16.3. The number of benzene rings is 1. The first-order valence-corrected chi connectivity index (χ1v) is 9.09. The van der Waals surface area contributed by atoms with Crippen LogP contribution in [0, 0.1) is 11.8 Å². The molecule has 1 saturated heterocycles. The van der Waals surface area contributed by atoms with Gasteiger partial charge in [0, 0.05) is 19.3 Å². The summed E-state index contributed by atoms with van der Waals surface area (Å²) in [5, 5.41) is 17.4. The van der Waals surface area contributed by atoms with Gasteiger partial charge in [0.1, 0.15) is 5.69 Å². The zero-order chi connectivity index (χ0) is 17.7. The monoisotopic (exact) mass is 351 g/mol. The van der Waals surface area contributed by atoms with E-state index in [2.05, 4.69) is 19.7 Å². The van der Waals surface area contributed by atoms with E-state index in [1.807, 2.05) is 35.5 Å². The van der Waals surface area contributed by atoms with Crippen molar-refractivity contribution in [1.82, 2.24) is 24.6 Å². The summed E-state index contributed by atoms with van der Waals surface area (Å²) < 4.78 is 2.11. The van der Waals surface area contributed by atoms with Crippen molar-refractivity contribution in [1.29, 1.82) is 0 Å². The van der Waals surface area contributed by atoms with E-state index < -0.39 is 6.10 Å². The molecule has 26 heavy (non-hydrogen) atoms. The van der Waals surface area contributed by atoms with E-state index in [0.717, 1.165) is 24.0 Å². The van der Waals surface area contributed by atoms with Crippen molar-refractivity contribution in [2.45, 2.75) is 25.0 Å². The van der Waals surface area contributed by atoms with Gasteiger partial charge in [0.2, 0.25) is 0 Å². The number of hydrogen-bond donors (Lipinski definition) is 2. The lowest BCUT2D eigenvalue weighted by Gasteiger charge is -2.36. The second-order valence-electron chi connectivity index (χ2n) is 7.45. The van der Waals surface area contributed by atoms with Crippen molar-refractivity contribution >= 4 is 16.9 Å². The van der Waals surface area contributed by atoms with Crippen molar-refractivity contribution in [2.24, 2.45) is 11.8 Å². The molecule has 2 aliphatic rings. The third-order valence-electron chi connectivity index (χ3n) is 5.97. The summed E-state index contributed by atoms with van der Waals surface area (Å²) in [4.78, 5) is 19.0. The number of nitrogens with zero attached hydrogens (tertiary/aromatic N) is 4. The van der Waals surface area contributed by atoms with Crippen LogP contribution in [0.1, 0.15) is 29.4 Å². The fraction of sp³-hybridized carbons (Fsp3) is 0.421. The minimum Gasteiger partial charge on any atom is -0.391 e. The molecule has 134 valence electrons. The summed E-state index contributed by atoms with van der Waals surface area (Å²) >= 11 is 0. The minimum atomic E-state index is -0.420. The van der Waals surface area contributed by atoms with Gasteiger partial charge in [0.05, 0.1) is 29.5 Å². The van der Waals surface area contributed by atoms with Crippen LogP contribution in [0.25, 0.3) is 11.0 Å². The molecule has 2 aromatic heterocycles. The molecular weight excluding hydrogens is 330 g/mol. The molecule has 1 aliphatic carbocycles. The Kier molecular flexibility index (Phi) is 3.56. The van der Waals surface area contributed by atoms with E-state index in [4.69, 9.17) is 0 Å². The van der Waals surface area contributed by atoms with Gasteiger partial charge < -0.3 is 14.6 Å². The number of aliphatic hydroxyl groups excluding tert-OH is 1. The number of nitrogens with one attached hydrogen (secondary N) is 1. The molecule has 0 spiro atoms. The van der Waals surface area contributed by atoms with Crippen molar-refractivity contribution in [2.75, 3.05) is 13.1 Å². The average Bonchev–Trinajstić information content (AvgIpc) is 3.39. The summed E-state index contributed by atoms with van der Waals surface area (Å²) in [5.74, 6) is 0.746. The normalized spacial score (nSPS) is 28.4. The molecule has 1 aromatic carbocycles. The quantitative estimate of drug-likeness (QED) is 0.738. The number of aromatic amines is 1. The van der Waals surface area contributed by atoms with E-state index in [9.17, 15) is 9.90 Å². The number of rotatable bonds is 2. The van der Waals surface area contributed by atoms with Crippen LogP contribution in [0.4, 0.5) is 0 Å². The maximum atomic E-state index is 12.6. The number of imidazole rings is 1. The lowest BCUT2D eigenvalue weighted by molar-refractivity contribution is 0.0374. The van der Waals surface area contributed by atoms with Gasteiger partial charge in [-0.05, 0) is 42.9 Å². The van der Waals surface area contributed by atoms with Gasteiger partial charge in [-0.3, -0.25) is 9.89 Å². The van der Waals surface area contributed by atoms with Crippen LogP contribution in [0.2, 0.25) is 0 Å². The average molecular weight is 351 g/mol. The minimum absolute atomic E-state index is 0.00368. The van der Waals surface area contributed by atoms with Gasteiger partial charge in [-0.25, -0.2) is 4.98 Å². The van der Waals surface area contributed by atoms with E-state index in [-0.39, 0.29) is 11.9 Å². The van der Waals surface area contributed by atoms with E-state index in [1.54, 1.807) is 12.3 Å². The number of aromatic nitrogens is 4. The van der Waals surface area contributed by atoms with Crippen LogP contribution in [-0.4, -0.2) is 54.9 Å². The summed E-state index contributed by atoms with van der Waals surface area (Å²) in [5.41, 5.74) is 2.53. The zero-order valence-corrected chi connectivity index (χ0v) is 14.3. The van der Waals surface area contributed by atoms with Gasteiger partial charge in [-0.1, -0.05) is 12.1 Å². The second kappa shape index (κ2) is 5.95. The number of fused-ring (bicyclic) bond motifs is 2. The molecule has 4 atom stereocenters. The molecule has 1 saturated carbocycles. The number of amides is 1. The number of H-pyrrole nitrogens is 1. The van der Waals surface area contributed by atoms with Crippen LogP contribution in [0.5, 0.6) is 0 Å². The maximum absolute atomic E-state index is 12.6. The summed E-state index contributed by atoms with van der Waals surface area (Å²) in [7, 11) is 0. The summed E-state index contributed by atoms with van der Waals surface area (Å²) in [6.07, 6.45) is 4.59. The predicted octanol–water partition coefficient (Wildman–Crippen LogP) is 1.84. The molecule has 5 rings (SSSR count). The second-order valence-corrected chi connectivity index (χ2v) is 7.45. The molecule has 0 bridgehead atoms. The van der Waals surface area contributed by atoms with Crippen molar-refractivity contribution in [3.8, 4) is 0 Å². The van der Waals surface area contributed by atoms with Gasteiger partial charge in [-0.2, -0.15) is 5.10 Å². The number of aliphatic hydroxyl groups is 1. The molecule has 1 aliphatic heterocycles. The lowest BCUT2D eigenvalue weighted by Crippen LogP contribution is -2.36. The molecule has 3 aromatic rings. The standard InChI is InChI=1S/C19H21N5O2/c25-18-8-13-10-23(19(26)15-5-6-21-22-15)9-12(13)7-17(18)24-11-20-14-3-1-2-4-16(14)24/h1-6,11-13,17-18,25H,7-10H2,(H,21,22)/t12-,13+,17-,18-/m1/s1. The third-order valence-corrected chi connectivity index (χ3v) is 5.97. The highest BCUT2D eigenvalue weighted by molar-refractivity contribution is 5.92. The Hall–Kier alpha value is -2.67. The van der Waals surface area contributed by atoms with Gasteiger partial charge >= 0.3 is 0 Å². The Morgan fingerprint density at radius 3 is 2.77 bits per heavy atom. The number of hydrogen-bond acceptors (Lipinski definition) is 4. The molecule has 7 heteroatoms. The van der Waals surface area contributed by atoms with Crippen LogP contribution < -0.4 is 0 Å². The topological polar surface area (TPSA) is 87.0 Å². The van der Waals surface area contributed by atoms with Crippen molar-refractivity contribution < 1.29 is 9.90 Å². The molecule has 3 heterocycles. The Labute approximate surface area is 150 Å². The maximum Gasteiger partial charge on any atom is 0.271 e. The van der Waals surface area contributed by atoms with E-state index in [1.165, 1.54) is 0 Å². The summed E-state index contributed by atoms with van der Waals surface area (Å²) in [6, 6.07) is 9.72. The third kappa shape index (κ3) is 2.42. The van der Waals surface area contributed by atoms with Gasteiger partial charge in [0.15, 0.2) is 0 Å². The number of likely N-dealkylation sites (tertiary alicyclic amines) is 1. The van der Waals surface area contributed by atoms with E-state index >= 15 is 0 Å². The highest BCUT2D eigenvalue weighted by Gasteiger charge is 2.44. The van der Waals surface area contributed by atoms with E-state index in [0.29, 0.717) is 30.5 Å². The summed E-state index contributed by atoms with van der Waals surface area (Å²) in [6.45, 7) is 1.44. The predicted molar refractivity (Wildman–Crippen MR) is 95.5 cm³/mol. The first-order valence-electron chi connectivity index (χ1n) is 9.09. The van der Waals surface area contributed by atoms with Gasteiger partial charge in [0.25, 0.3) is 5.91 Å².